The molecule has 0 aromatic heterocycles. The SMILES string of the molecule is Cc1ccc(/C=C(/C(=O)O)c2ccc(C(F)(F)F)cc2[N+](=O)[O-])cc1. The van der Waals surface area contributed by atoms with Gasteiger partial charge in [0.15, 0.2) is 0 Å². The second-order valence-electron chi connectivity index (χ2n) is 5.26. The van der Waals surface area contributed by atoms with Gasteiger partial charge in [0, 0.05) is 6.07 Å². The van der Waals surface area contributed by atoms with E-state index in [2.05, 4.69) is 0 Å². The van der Waals surface area contributed by atoms with Crippen LogP contribution in [0.1, 0.15) is 22.3 Å². The lowest BCUT2D eigenvalue weighted by Gasteiger charge is -2.09. The highest BCUT2D eigenvalue weighted by atomic mass is 19.4. The summed E-state index contributed by atoms with van der Waals surface area (Å²) in [5.41, 5.74) is -1.62. The Morgan fingerprint density at radius 1 is 1.16 bits per heavy atom. The number of benzene rings is 2. The standard InChI is InChI=1S/C17H12F3NO4/c1-10-2-4-11(5-3-10)8-14(16(22)23)13-7-6-12(17(18,19)20)9-15(13)21(24)25/h2-9H,1H3,(H,22,23)/b14-8+. The van der Waals surface area contributed by atoms with Crippen molar-refractivity contribution in [1.29, 1.82) is 0 Å². The Bertz CT molecular complexity index is 855. The first-order valence-electron chi connectivity index (χ1n) is 6.97. The van der Waals surface area contributed by atoms with E-state index >= 15 is 0 Å². The second kappa shape index (κ2) is 6.76. The Balaban J connectivity index is 2.64. The number of hydrogen-bond donors (Lipinski definition) is 1. The Hall–Kier alpha value is -3.16. The summed E-state index contributed by atoms with van der Waals surface area (Å²) in [5.74, 6) is -1.48. The number of carboxylic acids is 1. The number of nitro benzene ring substituents is 1. The fourth-order valence-corrected chi connectivity index (χ4v) is 2.17. The number of carboxylic acid groups (broad SMARTS) is 1. The number of aryl methyl sites for hydroxylation is 1. The first-order valence-corrected chi connectivity index (χ1v) is 6.97. The predicted octanol–water partition coefficient (Wildman–Crippen LogP) is 4.55. The Kier molecular flexibility index (Phi) is 4.92. The van der Waals surface area contributed by atoms with E-state index in [1.807, 2.05) is 6.92 Å². The van der Waals surface area contributed by atoms with E-state index in [4.69, 9.17) is 0 Å². The molecule has 0 fully saturated rings. The molecule has 0 unspecified atom stereocenters. The van der Waals surface area contributed by atoms with Crippen LogP contribution in [0.5, 0.6) is 0 Å². The maximum Gasteiger partial charge on any atom is 0.416 e. The molecule has 0 aliphatic heterocycles. The molecule has 0 saturated carbocycles. The lowest BCUT2D eigenvalue weighted by Crippen LogP contribution is -2.08. The van der Waals surface area contributed by atoms with E-state index < -0.39 is 39.5 Å². The highest BCUT2D eigenvalue weighted by molar-refractivity contribution is 6.21. The predicted molar refractivity (Wildman–Crippen MR) is 84.8 cm³/mol. The Morgan fingerprint density at radius 3 is 2.24 bits per heavy atom. The first kappa shape index (κ1) is 18.2. The summed E-state index contributed by atoms with van der Waals surface area (Å²) in [6, 6.07) is 8.39. The van der Waals surface area contributed by atoms with Gasteiger partial charge in [0.05, 0.1) is 21.6 Å². The molecule has 0 aliphatic rings. The molecule has 25 heavy (non-hydrogen) atoms. The summed E-state index contributed by atoms with van der Waals surface area (Å²) < 4.78 is 38.3. The molecular formula is C17H12F3NO4. The summed E-state index contributed by atoms with van der Waals surface area (Å²) in [5, 5.41) is 20.5. The second-order valence-corrected chi connectivity index (χ2v) is 5.26. The van der Waals surface area contributed by atoms with Crippen LogP contribution in [0.25, 0.3) is 11.6 Å². The molecule has 0 bridgehead atoms. The summed E-state index contributed by atoms with van der Waals surface area (Å²) in [6.07, 6.45) is -3.59. The lowest BCUT2D eigenvalue weighted by molar-refractivity contribution is -0.385. The Labute approximate surface area is 140 Å². The fraction of sp³-hybridized carbons (Fsp3) is 0.118. The van der Waals surface area contributed by atoms with Gasteiger partial charge in [-0.25, -0.2) is 4.79 Å². The number of nitrogens with zero attached hydrogens (tertiary/aromatic N) is 1. The van der Waals surface area contributed by atoms with Crippen LogP contribution < -0.4 is 0 Å². The van der Waals surface area contributed by atoms with Gasteiger partial charge in [-0.05, 0) is 30.7 Å². The minimum Gasteiger partial charge on any atom is -0.478 e. The van der Waals surface area contributed by atoms with Gasteiger partial charge in [0.1, 0.15) is 0 Å². The van der Waals surface area contributed by atoms with E-state index in [1.165, 1.54) is 6.08 Å². The zero-order valence-corrected chi connectivity index (χ0v) is 12.9. The highest BCUT2D eigenvalue weighted by Gasteiger charge is 2.34. The molecule has 8 heteroatoms. The summed E-state index contributed by atoms with van der Waals surface area (Å²) >= 11 is 0. The number of alkyl halides is 3. The molecule has 0 saturated heterocycles. The first-order chi connectivity index (χ1) is 11.6. The highest BCUT2D eigenvalue weighted by Crippen LogP contribution is 2.35. The zero-order valence-electron chi connectivity index (χ0n) is 12.9. The van der Waals surface area contributed by atoms with Gasteiger partial charge in [0.25, 0.3) is 5.69 Å². The van der Waals surface area contributed by atoms with Crippen LogP contribution in [0.2, 0.25) is 0 Å². The third kappa shape index (κ3) is 4.23. The third-order valence-corrected chi connectivity index (χ3v) is 3.43. The van der Waals surface area contributed by atoms with Crippen molar-refractivity contribution in [1.82, 2.24) is 0 Å². The van der Waals surface area contributed by atoms with Gasteiger partial charge >= 0.3 is 12.1 Å². The van der Waals surface area contributed by atoms with Crippen molar-refractivity contribution in [2.45, 2.75) is 13.1 Å². The van der Waals surface area contributed by atoms with Crippen molar-refractivity contribution >= 4 is 23.3 Å². The van der Waals surface area contributed by atoms with Gasteiger partial charge in [-0.15, -0.1) is 0 Å². The molecule has 0 radical (unpaired) electrons. The van der Waals surface area contributed by atoms with E-state index in [-0.39, 0.29) is 0 Å². The minimum absolute atomic E-state index is 0.335. The molecule has 0 aliphatic carbocycles. The van der Waals surface area contributed by atoms with Crippen molar-refractivity contribution in [3.05, 3.63) is 74.8 Å². The lowest BCUT2D eigenvalue weighted by atomic mass is 9.99. The smallest absolute Gasteiger partial charge is 0.416 e. The van der Waals surface area contributed by atoms with Crippen molar-refractivity contribution in [2.75, 3.05) is 0 Å². The van der Waals surface area contributed by atoms with Crippen molar-refractivity contribution in [3.63, 3.8) is 0 Å². The van der Waals surface area contributed by atoms with E-state index in [0.29, 0.717) is 17.7 Å². The zero-order chi connectivity index (χ0) is 18.8. The van der Waals surface area contributed by atoms with Crippen molar-refractivity contribution in [3.8, 4) is 0 Å². The quantitative estimate of drug-likeness (QED) is 0.379. The molecule has 0 amide bonds. The van der Waals surface area contributed by atoms with Gasteiger partial charge < -0.3 is 5.11 Å². The number of halogens is 3. The van der Waals surface area contributed by atoms with Crippen molar-refractivity contribution < 1.29 is 28.0 Å². The van der Waals surface area contributed by atoms with Crippen LogP contribution in [-0.2, 0) is 11.0 Å². The number of hydrogen-bond acceptors (Lipinski definition) is 3. The topological polar surface area (TPSA) is 80.4 Å². The van der Waals surface area contributed by atoms with Crippen LogP contribution in [-0.4, -0.2) is 16.0 Å². The fourth-order valence-electron chi connectivity index (χ4n) is 2.17. The van der Waals surface area contributed by atoms with Crippen LogP contribution >= 0.6 is 0 Å². The molecular weight excluding hydrogens is 339 g/mol. The molecule has 2 aromatic rings. The van der Waals surface area contributed by atoms with Crippen LogP contribution in [0, 0.1) is 17.0 Å². The molecule has 0 atom stereocenters. The average molecular weight is 351 g/mol. The summed E-state index contributed by atoms with van der Waals surface area (Å²) in [6.45, 7) is 1.83. The molecule has 0 spiro atoms. The van der Waals surface area contributed by atoms with Crippen LogP contribution in [0.4, 0.5) is 18.9 Å². The number of nitro groups is 1. The molecule has 130 valence electrons. The monoisotopic (exact) mass is 351 g/mol. The molecule has 2 rings (SSSR count). The summed E-state index contributed by atoms with van der Waals surface area (Å²) in [7, 11) is 0. The number of rotatable bonds is 4. The third-order valence-electron chi connectivity index (χ3n) is 3.43. The van der Waals surface area contributed by atoms with Gasteiger partial charge in [-0.2, -0.15) is 13.2 Å². The van der Waals surface area contributed by atoms with E-state index in [0.717, 1.165) is 11.6 Å². The molecule has 1 N–H and O–H groups in total. The van der Waals surface area contributed by atoms with Gasteiger partial charge in [-0.3, -0.25) is 10.1 Å². The molecule has 0 heterocycles. The average Bonchev–Trinajstić information content (AvgIpc) is 2.52. The maximum atomic E-state index is 12.8. The minimum atomic E-state index is -4.77. The largest absolute Gasteiger partial charge is 0.478 e. The maximum absolute atomic E-state index is 12.8. The molecule has 2 aromatic carbocycles. The van der Waals surface area contributed by atoms with E-state index in [1.54, 1.807) is 24.3 Å². The van der Waals surface area contributed by atoms with Crippen LogP contribution in [0.15, 0.2) is 42.5 Å². The van der Waals surface area contributed by atoms with Crippen molar-refractivity contribution in [2.24, 2.45) is 0 Å². The normalized spacial score (nSPS) is 12.1. The number of aliphatic carboxylic acids is 1. The Morgan fingerprint density at radius 2 is 1.76 bits per heavy atom. The molecule has 5 nitrogen and oxygen atoms in total. The van der Waals surface area contributed by atoms with Crippen LogP contribution in [0.3, 0.4) is 0 Å². The number of carbonyl (C=O) groups is 1. The van der Waals surface area contributed by atoms with E-state index in [9.17, 15) is 33.2 Å². The van der Waals surface area contributed by atoms with Gasteiger partial charge in [0.2, 0.25) is 0 Å². The summed E-state index contributed by atoms with van der Waals surface area (Å²) in [4.78, 5) is 21.6. The van der Waals surface area contributed by atoms with Gasteiger partial charge in [-0.1, -0.05) is 29.8 Å².